The Labute approximate surface area is 112 Å². The molecule has 2 rings (SSSR count). The van der Waals surface area contributed by atoms with Gasteiger partial charge in [0.15, 0.2) is 0 Å². The van der Waals surface area contributed by atoms with Crippen molar-refractivity contribution in [2.24, 2.45) is 5.92 Å². The molecule has 0 spiro atoms. The van der Waals surface area contributed by atoms with E-state index in [-0.39, 0.29) is 11.7 Å². The van der Waals surface area contributed by atoms with Gasteiger partial charge in [-0.1, -0.05) is 12.1 Å². The van der Waals surface area contributed by atoms with Crippen molar-refractivity contribution in [1.29, 1.82) is 0 Å². The summed E-state index contributed by atoms with van der Waals surface area (Å²) in [7, 11) is 0. The van der Waals surface area contributed by atoms with Crippen LogP contribution in [-0.2, 0) is 11.2 Å². The number of halogens is 1. The van der Waals surface area contributed by atoms with E-state index in [1.807, 2.05) is 11.0 Å². The van der Waals surface area contributed by atoms with Gasteiger partial charge < -0.3 is 10.0 Å². The number of hydrogen-bond donors (Lipinski definition) is 1. The van der Waals surface area contributed by atoms with Crippen molar-refractivity contribution in [3.05, 3.63) is 29.8 Å². The lowest BCUT2D eigenvalue weighted by Crippen LogP contribution is -2.41. The first-order valence-electron chi connectivity index (χ1n) is 6.30. The molecule has 1 aliphatic heterocycles. The van der Waals surface area contributed by atoms with Crippen molar-refractivity contribution in [2.75, 3.05) is 19.0 Å². The van der Waals surface area contributed by atoms with Crippen molar-refractivity contribution in [2.45, 2.75) is 19.3 Å². The predicted molar refractivity (Wildman–Crippen MR) is 71.8 cm³/mol. The van der Waals surface area contributed by atoms with E-state index in [4.69, 9.17) is 11.6 Å². The van der Waals surface area contributed by atoms with Crippen molar-refractivity contribution < 1.29 is 9.90 Å². The molecule has 1 saturated heterocycles. The minimum absolute atomic E-state index is 0.121. The maximum absolute atomic E-state index is 12.1. The molecule has 18 heavy (non-hydrogen) atoms. The number of phenolic OH excluding ortho intramolecular Hbond substituents is 1. The van der Waals surface area contributed by atoms with E-state index >= 15 is 0 Å². The number of likely N-dealkylation sites (tertiary alicyclic amines) is 1. The molecular weight excluding hydrogens is 250 g/mol. The number of amides is 1. The van der Waals surface area contributed by atoms with E-state index in [9.17, 15) is 9.90 Å². The molecule has 1 amide bonds. The van der Waals surface area contributed by atoms with E-state index in [0.29, 0.717) is 18.2 Å². The summed E-state index contributed by atoms with van der Waals surface area (Å²) in [6.45, 7) is 1.59. The first-order chi connectivity index (χ1) is 8.69. The van der Waals surface area contributed by atoms with E-state index < -0.39 is 0 Å². The Morgan fingerprint density at radius 3 is 3.06 bits per heavy atom. The summed E-state index contributed by atoms with van der Waals surface area (Å²) in [5, 5.41) is 9.37. The zero-order valence-corrected chi connectivity index (χ0v) is 11.1. The Balaban J connectivity index is 1.95. The minimum atomic E-state index is 0.121. The van der Waals surface area contributed by atoms with Crippen LogP contribution in [0.2, 0.25) is 0 Å². The van der Waals surface area contributed by atoms with Gasteiger partial charge in [0.2, 0.25) is 5.91 Å². The monoisotopic (exact) mass is 267 g/mol. The molecule has 4 heteroatoms. The number of aromatic hydroxyl groups is 1. The van der Waals surface area contributed by atoms with Crippen molar-refractivity contribution in [3.63, 3.8) is 0 Å². The number of phenols is 1. The van der Waals surface area contributed by atoms with Gasteiger partial charge in [0.05, 0.1) is 6.42 Å². The molecule has 1 aliphatic rings. The van der Waals surface area contributed by atoms with Gasteiger partial charge in [-0.15, -0.1) is 11.6 Å². The van der Waals surface area contributed by atoms with Gasteiger partial charge in [-0.05, 0) is 36.5 Å². The summed E-state index contributed by atoms with van der Waals surface area (Å²) in [5.41, 5.74) is 0.855. The average Bonchev–Trinajstić information content (AvgIpc) is 2.39. The van der Waals surface area contributed by atoms with Crippen LogP contribution >= 0.6 is 11.6 Å². The lowest BCUT2D eigenvalue weighted by atomic mass is 9.99. The Kier molecular flexibility index (Phi) is 4.48. The van der Waals surface area contributed by atoms with Crippen LogP contribution in [0, 0.1) is 5.92 Å². The molecule has 1 heterocycles. The van der Waals surface area contributed by atoms with Crippen molar-refractivity contribution >= 4 is 17.5 Å². The number of piperidine rings is 1. The van der Waals surface area contributed by atoms with Gasteiger partial charge in [-0.3, -0.25) is 4.79 Å². The zero-order valence-electron chi connectivity index (χ0n) is 10.3. The summed E-state index contributed by atoms with van der Waals surface area (Å²) in [4.78, 5) is 14.0. The van der Waals surface area contributed by atoms with Gasteiger partial charge in [0.25, 0.3) is 0 Å². The second-order valence-corrected chi connectivity index (χ2v) is 5.16. The number of carbonyl (C=O) groups excluding carboxylic acids is 1. The summed E-state index contributed by atoms with van der Waals surface area (Å²) in [6, 6.07) is 6.87. The smallest absolute Gasteiger partial charge is 0.227 e. The van der Waals surface area contributed by atoms with Crippen LogP contribution in [0.15, 0.2) is 24.3 Å². The molecule has 0 bridgehead atoms. The van der Waals surface area contributed by atoms with Crippen LogP contribution in [0.5, 0.6) is 5.75 Å². The van der Waals surface area contributed by atoms with E-state index in [1.54, 1.807) is 18.2 Å². The van der Waals surface area contributed by atoms with Gasteiger partial charge in [0.1, 0.15) is 5.75 Å². The van der Waals surface area contributed by atoms with Gasteiger partial charge in [0, 0.05) is 19.0 Å². The highest BCUT2D eigenvalue weighted by atomic mass is 35.5. The maximum atomic E-state index is 12.1. The SMILES string of the molecule is O=C(Cc1cccc(O)c1)N1CCCC(CCl)C1. The first-order valence-corrected chi connectivity index (χ1v) is 6.84. The fourth-order valence-electron chi connectivity index (χ4n) is 2.37. The maximum Gasteiger partial charge on any atom is 0.227 e. The summed E-state index contributed by atoms with van der Waals surface area (Å²) < 4.78 is 0. The summed E-state index contributed by atoms with van der Waals surface area (Å²) >= 11 is 5.86. The molecule has 0 saturated carbocycles. The van der Waals surface area contributed by atoms with E-state index in [2.05, 4.69) is 0 Å². The van der Waals surface area contributed by atoms with E-state index in [1.165, 1.54) is 0 Å². The van der Waals surface area contributed by atoms with Gasteiger partial charge in [-0.25, -0.2) is 0 Å². The fraction of sp³-hybridized carbons (Fsp3) is 0.500. The quantitative estimate of drug-likeness (QED) is 0.855. The first kappa shape index (κ1) is 13.2. The van der Waals surface area contributed by atoms with Crippen LogP contribution in [0.1, 0.15) is 18.4 Å². The summed E-state index contributed by atoms with van der Waals surface area (Å²) in [5.74, 6) is 1.37. The van der Waals surface area contributed by atoms with Gasteiger partial charge >= 0.3 is 0 Å². The van der Waals surface area contributed by atoms with Crippen LogP contribution < -0.4 is 0 Å². The molecule has 1 unspecified atom stereocenters. The third kappa shape index (κ3) is 3.39. The average molecular weight is 268 g/mol. The Morgan fingerprint density at radius 2 is 2.33 bits per heavy atom. The zero-order chi connectivity index (χ0) is 13.0. The lowest BCUT2D eigenvalue weighted by Gasteiger charge is -2.32. The molecule has 1 N–H and O–H groups in total. The van der Waals surface area contributed by atoms with Gasteiger partial charge in [-0.2, -0.15) is 0 Å². The molecule has 1 fully saturated rings. The number of alkyl halides is 1. The Bertz CT molecular complexity index is 422. The fourth-order valence-corrected chi connectivity index (χ4v) is 2.62. The second kappa shape index (κ2) is 6.10. The molecular formula is C14H18ClNO2. The number of nitrogens with zero attached hydrogens (tertiary/aromatic N) is 1. The molecule has 1 aromatic rings. The highest BCUT2D eigenvalue weighted by molar-refractivity contribution is 6.18. The highest BCUT2D eigenvalue weighted by Gasteiger charge is 2.22. The molecule has 3 nitrogen and oxygen atoms in total. The minimum Gasteiger partial charge on any atom is -0.508 e. The molecule has 0 aromatic heterocycles. The Hall–Kier alpha value is -1.22. The number of hydrogen-bond acceptors (Lipinski definition) is 2. The molecule has 98 valence electrons. The van der Waals surface area contributed by atoms with Crippen molar-refractivity contribution in [1.82, 2.24) is 4.90 Å². The van der Waals surface area contributed by atoms with Crippen LogP contribution in [0.3, 0.4) is 0 Å². The molecule has 1 atom stereocenters. The highest BCUT2D eigenvalue weighted by Crippen LogP contribution is 2.19. The number of benzene rings is 1. The third-order valence-corrected chi connectivity index (χ3v) is 3.79. The predicted octanol–water partition coefficient (Wildman–Crippen LogP) is 2.41. The lowest BCUT2D eigenvalue weighted by molar-refractivity contribution is -0.132. The largest absolute Gasteiger partial charge is 0.508 e. The normalized spacial score (nSPS) is 19.8. The molecule has 1 aromatic carbocycles. The third-order valence-electron chi connectivity index (χ3n) is 3.36. The second-order valence-electron chi connectivity index (χ2n) is 4.85. The summed E-state index contributed by atoms with van der Waals surface area (Å²) in [6.07, 6.45) is 2.49. The van der Waals surface area contributed by atoms with E-state index in [0.717, 1.165) is 31.5 Å². The van der Waals surface area contributed by atoms with Crippen LogP contribution in [0.4, 0.5) is 0 Å². The number of rotatable bonds is 3. The Morgan fingerprint density at radius 1 is 1.50 bits per heavy atom. The molecule has 0 radical (unpaired) electrons. The topological polar surface area (TPSA) is 40.5 Å². The number of carbonyl (C=O) groups is 1. The van der Waals surface area contributed by atoms with Crippen LogP contribution in [-0.4, -0.2) is 34.9 Å². The van der Waals surface area contributed by atoms with Crippen LogP contribution in [0.25, 0.3) is 0 Å². The standard InChI is InChI=1S/C14H18ClNO2/c15-9-12-4-2-6-16(10-12)14(18)8-11-3-1-5-13(17)7-11/h1,3,5,7,12,17H,2,4,6,8-10H2. The molecule has 0 aliphatic carbocycles. The van der Waals surface area contributed by atoms with Crippen molar-refractivity contribution in [3.8, 4) is 5.75 Å².